The Morgan fingerprint density at radius 3 is 2.61 bits per heavy atom. The summed E-state index contributed by atoms with van der Waals surface area (Å²) in [6, 6.07) is 2.70. The fraction of sp³-hybridized carbons (Fsp3) is 0.364. The van der Waals surface area contributed by atoms with Crippen molar-refractivity contribution in [2.75, 3.05) is 13.7 Å². The van der Waals surface area contributed by atoms with Gasteiger partial charge in [-0.2, -0.15) is 0 Å². The van der Waals surface area contributed by atoms with E-state index in [1.54, 1.807) is 6.92 Å². The summed E-state index contributed by atoms with van der Waals surface area (Å²) in [5, 5.41) is 10.9. The highest BCUT2D eigenvalue weighted by Crippen LogP contribution is 2.33. The summed E-state index contributed by atoms with van der Waals surface area (Å²) < 4.78 is 9.74. The van der Waals surface area contributed by atoms with E-state index in [4.69, 9.17) is 21.1 Å². The van der Waals surface area contributed by atoms with Crippen molar-refractivity contribution < 1.29 is 19.2 Å². The molecule has 98 valence electrons. The van der Waals surface area contributed by atoms with Crippen LogP contribution in [-0.4, -0.2) is 24.6 Å². The molecular weight excluding hydrogens is 262 g/mol. The molecule has 1 aromatic carbocycles. The molecule has 0 saturated carbocycles. The van der Waals surface area contributed by atoms with Crippen LogP contribution < -0.4 is 4.74 Å². The minimum atomic E-state index is -0.676. The molecule has 0 aliphatic carbocycles. The van der Waals surface area contributed by atoms with Crippen LogP contribution in [0, 0.1) is 10.1 Å². The van der Waals surface area contributed by atoms with E-state index in [1.807, 2.05) is 0 Å². The summed E-state index contributed by atoms with van der Waals surface area (Å²) in [6.45, 7) is 1.81. The molecule has 0 aliphatic heterocycles. The van der Waals surface area contributed by atoms with Crippen molar-refractivity contribution >= 4 is 23.3 Å². The molecule has 0 N–H and O–H groups in total. The fourth-order valence-electron chi connectivity index (χ4n) is 1.46. The monoisotopic (exact) mass is 273 g/mol. The molecule has 0 amide bonds. The van der Waals surface area contributed by atoms with Crippen LogP contribution in [0.4, 0.5) is 5.69 Å². The molecule has 0 unspecified atom stereocenters. The molecule has 1 aromatic rings. The van der Waals surface area contributed by atoms with Crippen molar-refractivity contribution in [1.29, 1.82) is 0 Å². The molecule has 0 saturated heterocycles. The second-order valence-electron chi connectivity index (χ2n) is 3.31. The standard InChI is InChI=1S/C11H12ClNO5/c1-3-18-11(14)8-4-7(6-12)5-9(13(15)16)10(8)17-2/h4-5H,3,6H2,1-2H3. The molecule has 0 aliphatic rings. The third-order valence-corrected chi connectivity index (χ3v) is 2.49. The van der Waals surface area contributed by atoms with Crippen molar-refractivity contribution in [3.63, 3.8) is 0 Å². The van der Waals surface area contributed by atoms with E-state index < -0.39 is 10.9 Å². The van der Waals surface area contributed by atoms with Gasteiger partial charge in [0.1, 0.15) is 5.56 Å². The summed E-state index contributed by atoms with van der Waals surface area (Å²) in [5.41, 5.74) is 0.148. The van der Waals surface area contributed by atoms with Crippen LogP contribution in [0.1, 0.15) is 22.8 Å². The number of alkyl halides is 1. The average molecular weight is 274 g/mol. The van der Waals surface area contributed by atoms with Gasteiger partial charge >= 0.3 is 11.7 Å². The fourth-order valence-corrected chi connectivity index (χ4v) is 1.61. The lowest BCUT2D eigenvalue weighted by molar-refractivity contribution is -0.385. The Bertz CT molecular complexity index is 475. The van der Waals surface area contributed by atoms with Crippen LogP contribution in [0.5, 0.6) is 5.75 Å². The first-order valence-electron chi connectivity index (χ1n) is 5.13. The van der Waals surface area contributed by atoms with E-state index >= 15 is 0 Å². The van der Waals surface area contributed by atoms with Crippen molar-refractivity contribution in [2.45, 2.75) is 12.8 Å². The SMILES string of the molecule is CCOC(=O)c1cc(CCl)cc([N+](=O)[O-])c1OC. The number of hydrogen-bond donors (Lipinski definition) is 0. The molecule has 0 bridgehead atoms. The predicted molar refractivity (Wildman–Crippen MR) is 65.2 cm³/mol. The number of esters is 1. The maximum atomic E-state index is 11.7. The van der Waals surface area contributed by atoms with Crippen molar-refractivity contribution in [1.82, 2.24) is 0 Å². The molecule has 18 heavy (non-hydrogen) atoms. The summed E-state index contributed by atoms with van der Waals surface area (Å²) in [4.78, 5) is 22.0. The van der Waals surface area contributed by atoms with E-state index in [1.165, 1.54) is 19.2 Å². The van der Waals surface area contributed by atoms with Gasteiger partial charge in [-0.05, 0) is 18.6 Å². The minimum Gasteiger partial charge on any atom is -0.490 e. The molecule has 0 heterocycles. The highest BCUT2D eigenvalue weighted by molar-refractivity contribution is 6.17. The lowest BCUT2D eigenvalue weighted by Gasteiger charge is -2.09. The van der Waals surface area contributed by atoms with Crippen molar-refractivity contribution in [3.8, 4) is 5.75 Å². The molecule has 7 heteroatoms. The molecule has 0 fully saturated rings. The van der Waals surface area contributed by atoms with E-state index in [0.29, 0.717) is 5.56 Å². The molecule has 0 aromatic heterocycles. The van der Waals surface area contributed by atoms with Gasteiger partial charge in [-0.3, -0.25) is 10.1 Å². The number of halogens is 1. The highest BCUT2D eigenvalue weighted by Gasteiger charge is 2.25. The molecule has 1 rings (SSSR count). The Balaban J connectivity index is 3.42. The average Bonchev–Trinajstić information content (AvgIpc) is 2.37. The normalized spacial score (nSPS) is 9.94. The largest absolute Gasteiger partial charge is 0.490 e. The van der Waals surface area contributed by atoms with Gasteiger partial charge in [0.15, 0.2) is 0 Å². The van der Waals surface area contributed by atoms with E-state index in [-0.39, 0.29) is 29.5 Å². The van der Waals surface area contributed by atoms with Gasteiger partial charge in [-0.25, -0.2) is 4.79 Å². The number of ether oxygens (including phenoxy) is 2. The highest BCUT2D eigenvalue weighted by atomic mass is 35.5. The summed E-state index contributed by atoms with van der Waals surface area (Å²) in [5.74, 6) is -0.742. The number of benzene rings is 1. The van der Waals surface area contributed by atoms with Crippen LogP contribution in [0.2, 0.25) is 0 Å². The van der Waals surface area contributed by atoms with Gasteiger partial charge in [-0.1, -0.05) is 0 Å². The molecule has 0 spiro atoms. The first kappa shape index (κ1) is 14.2. The van der Waals surface area contributed by atoms with Crippen LogP contribution in [0.25, 0.3) is 0 Å². The Hall–Kier alpha value is -1.82. The molecule has 0 atom stereocenters. The smallest absolute Gasteiger partial charge is 0.342 e. The first-order chi connectivity index (χ1) is 8.54. The Kier molecular flexibility index (Phi) is 4.91. The number of nitro benzene ring substituents is 1. The number of rotatable bonds is 5. The molecule has 6 nitrogen and oxygen atoms in total. The first-order valence-corrected chi connectivity index (χ1v) is 5.67. The molecular formula is C11H12ClNO5. The quantitative estimate of drug-likeness (QED) is 0.356. The summed E-state index contributed by atoms with van der Waals surface area (Å²) in [6.07, 6.45) is 0. The van der Waals surface area contributed by atoms with Gasteiger partial charge in [0.05, 0.1) is 18.6 Å². The second-order valence-corrected chi connectivity index (χ2v) is 3.57. The predicted octanol–water partition coefficient (Wildman–Crippen LogP) is 2.52. The maximum Gasteiger partial charge on any atom is 0.342 e. The van der Waals surface area contributed by atoms with Gasteiger partial charge < -0.3 is 9.47 Å². The Morgan fingerprint density at radius 2 is 2.17 bits per heavy atom. The van der Waals surface area contributed by atoms with Crippen LogP contribution in [0.15, 0.2) is 12.1 Å². The van der Waals surface area contributed by atoms with Crippen LogP contribution >= 0.6 is 11.6 Å². The van der Waals surface area contributed by atoms with E-state index in [2.05, 4.69) is 0 Å². The third kappa shape index (κ3) is 2.89. The van der Waals surface area contributed by atoms with Gasteiger partial charge in [0.25, 0.3) is 0 Å². The number of nitro groups is 1. The zero-order valence-electron chi connectivity index (χ0n) is 9.94. The lowest BCUT2D eigenvalue weighted by atomic mass is 10.1. The maximum absolute atomic E-state index is 11.7. The Morgan fingerprint density at radius 1 is 1.50 bits per heavy atom. The number of nitrogens with zero attached hydrogens (tertiary/aromatic N) is 1. The lowest BCUT2D eigenvalue weighted by Crippen LogP contribution is -2.09. The van der Waals surface area contributed by atoms with Crippen molar-refractivity contribution in [3.05, 3.63) is 33.4 Å². The molecule has 0 radical (unpaired) electrons. The summed E-state index contributed by atoms with van der Waals surface area (Å²) >= 11 is 5.64. The summed E-state index contributed by atoms with van der Waals surface area (Å²) in [7, 11) is 1.26. The van der Waals surface area contributed by atoms with Gasteiger partial charge in [0.2, 0.25) is 5.75 Å². The zero-order chi connectivity index (χ0) is 13.7. The van der Waals surface area contributed by atoms with Crippen LogP contribution in [-0.2, 0) is 10.6 Å². The van der Waals surface area contributed by atoms with E-state index in [0.717, 1.165) is 0 Å². The topological polar surface area (TPSA) is 78.7 Å². The number of hydrogen-bond acceptors (Lipinski definition) is 5. The number of methoxy groups -OCH3 is 1. The van der Waals surface area contributed by atoms with Crippen molar-refractivity contribution in [2.24, 2.45) is 0 Å². The number of carbonyl (C=O) groups is 1. The third-order valence-electron chi connectivity index (χ3n) is 2.18. The second kappa shape index (κ2) is 6.20. The minimum absolute atomic E-state index is 0.00389. The van der Waals surface area contributed by atoms with E-state index in [9.17, 15) is 14.9 Å². The zero-order valence-corrected chi connectivity index (χ0v) is 10.7. The Labute approximate surface area is 109 Å². The van der Waals surface area contributed by atoms with Gasteiger partial charge in [0, 0.05) is 11.9 Å². The number of carbonyl (C=O) groups excluding carboxylic acids is 1. The van der Waals surface area contributed by atoms with Gasteiger partial charge in [-0.15, -0.1) is 11.6 Å². The van der Waals surface area contributed by atoms with Crippen LogP contribution in [0.3, 0.4) is 0 Å².